The molecular weight excluding hydrogens is 232 g/mol. The standard InChI is InChI=1S/C9H13BrN2O/c1-2-3-8(11)6-4-12-5-7(10)9(6)13/h4-5,8H,2-3,11H2,1H3,(H,12,13)/t8-/m0/s1. The highest BCUT2D eigenvalue weighted by atomic mass is 79.9. The molecule has 0 saturated heterocycles. The Balaban J connectivity index is 3.01. The molecule has 1 aromatic rings. The predicted molar refractivity (Wildman–Crippen MR) is 56.6 cm³/mol. The Hall–Kier alpha value is -0.610. The minimum Gasteiger partial charge on any atom is -0.366 e. The van der Waals surface area contributed by atoms with Gasteiger partial charge >= 0.3 is 0 Å². The van der Waals surface area contributed by atoms with Crippen LogP contribution in [0.4, 0.5) is 0 Å². The molecule has 0 bridgehead atoms. The van der Waals surface area contributed by atoms with Gasteiger partial charge in [-0.2, -0.15) is 0 Å². The van der Waals surface area contributed by atoms with Crippen LogP contribution in [0, 0.1) is 0 Å². The fourth-order valence-electron chi connectivity index (χ4n) is 1.22. The lowest BCUT2D eigenvalue weighted by Gasteiger charge is -2.09. The lowest BCUT2D eigenvalue weighted by atomic mass is 10.1. The summed E-state index contributed by atoms with van der Waals surface area (Å²) in [5.41, 5.74) is 6.47. The van der Waals surface area contributed by atoms with Crippen molar-refractivity contribution in [3.8, 4) is 0 Å². The minimum atomic E-state index is -0.161. The molecule has 1 heterocycles. The molecule has 3 N–H and O–H groups in total. The Bertz CT molecular complexity index is 335. The maximum Gasteiger partial charge on any atom is 0.200 e. The van der Waals surface area contributed by atoms with Crippen LogP contribution in [-0.4, -0.2) is 4.98 Å². The van der Waals surface area contributed by atoms with E-state index in [9.17, 15) is 4.79 Å². The van der Waals surface area contributed by atoms with Crippen LogP contribution in [0.3, 0.4) is 0 Å². The average molecular weight is 245 g/mol. The normalized spacial score (nSPS) is 12.8. The van der Waals surface area contributed by atoms with Crippen LogP contribution in [-0.2, 0) is 0 Å². The maximum absolute atomic E-state index is 11.5. The molecule has 0 aliphatic rings. The van der Waals surface area contributed by atoms with Crippen molar-refractivity contribution < 1.29 is 0 Å². The van der Waals surface area contributed by atoms with E-state index in [-0.39, 0.29) is 11.5 Å². The van der Waals surface area contributed by atoms with Gasteiger partial charge in [0.1, 0.15) is 0 Å². The summed E-state index contributed by atoms with van der Waals surface area (Å²) in [5.74, 6) is 0. The van der Waals surface area contributed by atoms with E-state index in [1.165, 1.54) is 0 Å². The fourth-order valence-corrected chi connectivity index (χ4v) is 1.58. The van der Waals surface area contributed by atoms with Crippen molar-refractivity contribution >= 4 is 15.9 Å². The first-order chi connectivity index (χ1) is 6.16. The van der Waals surface area contributed by atoms with Gasteiger partial charge in [-0.25, -0.2) is 0 Å². The Labute approximate surface area is 85.5 Å². The van der Waals surface area contributed by atoms with Crippen LogP contribution in [0.15, 0.2) is 21.7 Å². The molecule has 3 nitrogen and oxygen atoms in total. The highest BCUT2D eigenvalue weighted by Crippen LogP contribution is 2.12. The molecule has 0 unspecified atom stereocenters. The molecule has 0 fully saturated rings. The summed E-state index contributed by atoms with van der Waals surface area (Å²) in [6.45, 7) is 2.05. The quantitative estimate of drug-likeness (QED) is 0.854. The van der Waals surface area contributed by atoms with Gasteiger partial charge in [-0.15, -0.1) is 0 Å². The van der Waals surface area contributed by atoms with Crippen molar-refractivity contribution in [2.45, 2.75) is 25.8 Å². The molecule has 72 valence electrons. The summed E-state index contributed by atoms with van der Waals surface area (Å²) in [7, 11) is 0. The van der Waals surface area contributed by atoms with Gasteiger partial charge in [0.15, 0.2) is 5.43 Å². The van der Waals surface area contributed by atoms with Crippen molar-refractivity contribution in [2.75, 3.05) is 0 Å². The Kier molecular flexibility index (Phi) is 3.69. The molecule has 0 aliphatic heterocycles. The summed E-state index contributed by atoms with van der Waals surface area (Å²) < 4.78 is 0.538. The smallest absolute Gasteiger partial charge is 0.200 e. The molecule has 0 radical (unpaired) electrons. The molecule has 1 atom stereocenters. The molecule has 1 rings (SSSR count). The number of rotatable bonds is 3. The van der Waals surface area contributed by atoms with Gasteiger partial charge in [-0.3, -0.25) is 4.79 Å². The third-order valence-electron chi connectivity index (χ3n) is 1.93. The van der Waals surface area contributed by atoms with Gasteiger partial charge < -0.3 is 10.7 Å². The van der Waals surface area contributed by atoms with E-state index in [4.69, 9.17) is 5.73 Å². The largest absolute Gasteiger partial charge is 0.366 e. The molecule has 0 spiro atoms. The number of nitrogens with one attached hydrogen (secondary N) is 1. The zero-order chi connectivity index (χ0) is 9.84. The first-order valence-corrected chi connectivity index (χ1v) is 5.08. The molecule has 13 heavy (non-hydrogen) atoms. The molecular formula is C9H13BrN2O. The van der Waals surface area contributed by atoms with E-state index >= 15 is 0 Å². The molecule has 4 heteroatoms. The number of hydrogen-bond donors (Lipinski definition) is 2. The van der Waals surface area contributed by atoms with E-state index in [1.54, 1.807) is 12.4 Å². The summed E-state index contributed by atoms with van der Waals surface area (Å²) in [6.07, 6.45) is 5.10. The van der Waals surface area contributed by atoms with Crippen molar-refractivity contribution in [3.05, 3.63) is 32.7 Å². The lowest BCUT2D eigenvalue weighted by Crippen LogP contribution is -2.20. The summed E-state index contributed by atoms with van der Waals surface area (Å²) in [6, 6.07) is -0.161. The average Bonchev–Trinajstić information content (AvgIpc) is 2.10. The van der Waals surface area contributed by atoms with Crippen LogP contribution in [0.5, 0.6) is 0 Å². The first kappa shape index (κ1) is 10.5. The van der Waals surface area contributed by atoms with Crippen molar-refractivity contribution in [1.82, 2.24) is 4.98 Å². The third kappa shape index (κ3) is 2.42. The van der Waals surface area contributed by atoms with Crippen molar-refractivity contribution in [3.63, 3.8) is 0 Å². The maximum atomic E-state index is 11.5. The topological polar surface area (TPSA) is 58.9 Å². The van der Waals surface area contributed by atoms with E-state index < -0.39 is 0 Å². The van der Waals surface area contributed by atoms with Crippen molar-refractivity contribution in [2.24, 2.45) is 5.73 Å². The van der Waals surface area contributed by atoms with Crippen LogP contribution < -0.4 is 11.2 Å². The highest BCUT2D eigenvalue weighted by Gasteiger charge is 2.10. The number of pyridine rings is 1. The van der Waals surface area contributed by atoms with Gasteiger partial charge in [-0.05, 0) is 22.4 Å². The van der Waals surface area contributed by atoms with E-state index in [0.29, 0.717) is 10.0 Å². The second-order valence-corrected chi connectivity index (χ2v) is 3.84. The van der Waals surface area contributed by atoms with Crippen molar-refractivity contribution in [1.29, 1.82) is 0 Å². The summed E-state index contributed by atoms with van der Waals surface area (Å²) in [4.78, 5) is 14.4. The lowest BCUT2D eigenvalue weighted by molar-refractivity contribution is 0.632. The molecule has 1 aromatic heterocycles. The molecule has 0 aromatic carbocycles. The minimum absolute atomic E-state index is 0.0142. The second-order valence-electron chi connectivity index (χ2n) is 2.98. The Morgan fingerprint density at radius 1 is 1.62 bits per heavy atom. The highest BCUT2D eigenvalue weighted by molar-refractivity contribution is 9.10. The Morgan fingerprint density at radius 2 is 2.31 bits per heavy atom. The first-order valence-electron chi connectivity index (χ1n) is 4.29. The van der Waals surface area contributed by atoms with Crippen LogP contribution in [0.2, 0.25) is 0 Å². The zero-order valence-electron chi connectivity index (χ0n) is 7.51. The second kappa shape index (κ2) is 4.58. The molecule has 0 aliphatic carbocycles. The van der Waals surface area contributed by atoms with E-state index in [1.807, 2.05) is 6.92 Å². The number of H-pyrrole nitrogens is 1. The van der Waals surface area contributed by atoms with Gasteiger partial charge in [0.25, 0.3) is 0 Å². The fraction of sp³-hybridized carbons (Fsp3) is 0.444. The number of aromatic nitrogens is 1. The summed E-state index contributed by atoms with van der Waals surface area (Å²) >= 11 is 3.17. The van der Waals surface area contributed by atoms with Gasteiger partial charge in [0.05, 0.1) is 4.47 Å². The van der Waals surface area contributed by atoms with Gasteiger partial charge in [0, 0.05) is 24.0 Å². The van der Waals surface area contributed by atoms with Crippen LogP contribution >= 0.6 is 15.9 Å². The van der Waals surface area contributed by atoms with Crippen LogP contribution in [0.25, 0.3) is 0 Å². The van der Waals surface area contributed by atoms with Crippen LogP contribution in [0.1, 0.15) is 31.4 Å². The predicted octanol–water partition coefficient (Wildman–Crippen LogP) is 1.94. The van der Waals surface area contributed by atoms with E-state index in [0.717, 1.165) is 12.8 Å². The number of halogens is 1. The Morgan fingerprint density at radius 3 is 2.92 bits per heavy atom. The number of hydrogen-bond acceptors (Lipinski definition) is 2. The van der Waals surface area contributed by atoms with Gasteiger partial charge in [-0.1, -0.05) is 13.3 Å². The third-order valence-corrected chi connectivity index (χ3v) is 2.52. The van der Waals surface area contributed by atoms with Gasteiger partial charge in [0.2, 0.25) is 0 Å². The number of nitrogens with two attached hydrogens (primary N) is 1. The number of aromatic amines is 1. The summed E-state index contributed by atoms with van der Waals surface area (Å²) in [5, 5.41) is 0. The molecule has 0 saturated carbocycles. The molecule has 0 amide bonds. The zero-order valence-corrected chi connectivity index (χ0v) is 9.10. The monoisotopic (exact) mass is 244 g/mol. The SMILES string of the molecule is CCC[C@H](N)c1c[nH]cc(Br)c1=O. The van der Waals surface area contributed by atoms with E-state index in [2.05, 4.69) is 20.9 Å².